The van der Waals surface area contributed by atoms with Gasteiger partial charge in [-0.15, -0.1) is 0 Å². The van der Waals surface area contributed by atoms with Gasteiger partial charge in [0.1, 0.15) is 0 Å². The molecule has 20 heavy (non-hydrogen) atoms. The number of hydrogen-bond acceptors (Lipinski definition) is 3. The number of carbonyl (C=O) groups is 1. The maximum atomic E-state index is 11.9. The zero-order chi connectivity index (χ0) is 15.3. The standard InChI is InChI=1S/C16H23N3O/c1-16(2,3)18-15(20)10-13(11-17)12-6-8-14(9-7-12)19(4)5/h6-9,13H,10H2,1-5H3,(H,18,20). The van der Waals surface area contributed by atoms with Crippen LogP contribution >= 0.6 is 0 Å². The lowest BCUT2D eigenvalue weighted by molar-refractivity contribution is -0.122. The highest BCUT2D eigenvalue weighted by molar-refractivity contribution is 5.78. The number of benzene rings is 1. The van der Waals surface area contributed by atoms with Crippen molar-refractivity contribution < 1.29 is 4.79 Å². The molecule has 0 saturated carbocycles. The molecule has 1 N–H and O–H groups in total. The predicted octanol–water partition coefficient (Wildman–Crippen LogP) is 2.66. The Morgan fingerprint density at radius 1 is 1.30 bits per heavy atom. The summed E-state index contributed by atoms with van der Waals surface area (Å²) in [5, 5.41) is 12.1. The lowest BCUT2D eigenvalue weighted by atomic mass is 9.96. The summed E-state index contributed by atoms with van der Waals surface area (Å²) in [5.74, 6) is -0.505. The molecule has 108 valence electrons. The molecule has 0 aromatic heterocycles. The first-order chi connectivity index (χ1) is 9.23. The molecule has 0 saturated heterocycles. The number of rotatable bonds is 4. The number of nitrogens with one attached hydrogen (secondary N) is 1. The third-order valence-corrected chi connectivity index (χ3v) is 2.87. The number of carbonyl (C=O) groups excluding carboxylic acids is 1. The van der Waals surface area contributed by atoms with Crippen molar-refractivity contribution in [2.24, 2.45) is 0 Å². The number of nitrogens with zero attached hydrogens (tertiary/aromatic N) is 2. The van der Waals surface area contributed by atoms with Crippen molar-refractivity contribution in [2.45, 2.75) is 38.6 Å². The van der Waals surface area contributed by atoms with Crippen LogP contribution in [0, 0.1) is 11.3 Å². The average molecular weight is 273 g/mol. The van der Waals surface area contributed by atoms with Gasteiger partial charge in [-0.3, -0.25) is 4.79 Å². The van der Waals surface area contributed by atoms with E-state index in [1.54, 1.807) is 0 Å². The molecule has 1 unspecified atom stereocenters. The van der Waals surface area contributed by atoms with Crippen molar-refractivity contribution in [1.29, 1.82) is 5.26 Å². The van der Waals surface area contributed by atoms with E-state index in [1.807, 2.05) is 64.0 Å². The summed E-state index contributed by atoms with van der Waals surface area (Å²) in [6.45, 7) is 5.79. The molecule has 0 aliphatic heterocycles. The number of nitriles is 1. The second-order valence-corrected chi connectivity index (χ2v) is 6.17. The molecule has 1 amide bonds. The molecule has 1 aromatic rings. The first-order valence-electron chi connectivity index (χ1n) is 6.71. The van der Waals surface area contributed by atoms with Crippen molar-refractivity contribution in [3.05, 3.63) is 29.8 Å². The highest BCUT2D eigenvalue weighted by Crippen LogP contribution is 2.22. The van der Waals surface area contributed by atoms with Gasteiger partial charge in [0.05, 0.1) is 12.0 Å². The third kappa shape index (κ3) is 4.93. The third-order valence-electron chi connectivity index (χ3n) is 2.87. The number of hydrogen-bond donors (Lipinski definition) is 1. The van der Waals surface area contributed by atoms with Crippen molar-refractivity contribution >= 4 is 11.6 Å². The zero-order valence-electron chi connectivity index (χ0n) is 12.9. The van der Waals surface area contributed by atoms with Crippen molar-refractivity contribution in [3.8, 4) is 6.07 Å². The molecule has 0 heterocycles. The lowest BCUT2D eigenvalue weighted by Gasteiger charge is -2.21. The maximum absolute atomic E-state index is 11.9. The minimum Gasteiger partial charge on any atom is -0.378 e. The first-order valence-corrected chi connectivity index (χ1v) is 6.71. The van der Waals surface area contributed by atoms with E-state index in [0.29, 0.717) is 0 Å². The van der Waals surface area contributed by atoms with Crippen LogP contribution in [0.25, 0.3) is 0 Å². The van der Waals surface area contributed by atoms with Crippen molar-refractivity contribution in [3.63, 3.8) is 0 Å². The van der Waals surface area contributed by atoms with E-state index in [-0.39, 0.29) is 17.9 Å². The van der Waals surface area contributed by atoms with Gasteiger partial charge in [0.15, 0.2) is 0 Å². The van der Waals surface area contributed by atoms with Crippen LogP contribution in [-0.2, 0) is 4.79 Å². The van der Waals surface area contributed by atoms with Crippen LogP contribution in [-0.4, -0.2) is 25.5 Å². The van der Waals surface area contributed by atoms with E-state index >= 15 is 0 Å². The van der Waals surface area contributed by atoms with E-state index in [2.05, 4.69) is 11.4 Å². The predicted molar refractivity (Wildman–Crippen MR) is 81.6 cm³/mol. The summed E-state index contributed by atoms with van der Waals surface area (Å²) in [4.78, 5) is 13.9. The summed E-state index contributed by atoms with van der Waals surface area (Å²) >= 11 is 0. The van der Waals surface area contributed by atoms with Crippen LogP contribution in [0.1, 0.15) is 38.7 Å². The Labute approximate surface area is 121 Å². The molecule has 4 heteroatoms. The summed E-state index contributed by atoms with van der Waals surface area (Å²) < 4.78 is 0. The Kier molecular flexibility index (Phi) is 5.15. The highest BCUT2D eigenvalue weighted by atomic mass is 16.1. The zero-order valence-corrected chi connectivity index (χ0v) is 12.9. The van der Waals surface area contributed by atoms with Gasteiger partial charge in [-0.25, -0.2) is 0 Å². The van der Waals surface area contributed by atoms with Gasteiger partial charge in [-0.05, 0) is 38.5 Å². The molecule has 4 nitrogen and oxygen atoms in total. The van der Waals surface area contributed by atoms with Gasteiger partial charge in [-0.1, -0.05) is 12.1 Å². The van der Waals surface area contributed by atoms with Gasteiger partial charge in [-0.2, -0.15) is 5.26 Å². The Hall–Kier alpha value is -2.02. The molecule has 0 aliphatic rings. The molecule has 0 radical (unpaired) electrons. The fraction of sp³-hybridized carbons (Fsp3) is 0.500. The summed E-state index contributed by atoms with van der Waals surface area (Å²) in [7, 11) is 3.93. The highest BCUT2D eigenvalue weighted by Gasteiger charge is 2.19. The molecule has 1 atom stereocenters. The fourth-order valence-electron chi connectivity index (χ4n) is 1.90. The van der Waals surface area contributed by atoms with Crippen LogP contribution < -0.4 is 10.2 Å². The van der Waals surface area contributed by atoms with Gasteiger partial charge in [0, 0.05) is 31.7 Å². The second kappa shape index (κ2) is 6.42. The first kappa shape index (κ1) is 16.0. The van der Waals surface area contributed by atoms with Crippen LogP contribution in [0.2, 0.25) is 0 Å². The monoisotopic (exact) mass is 273 g/mol. The Morgan fingerprint density at radius 2 is 1.85 bits per heavy atom. The Morgan fingerprint density at radius 3 is 2.25 bits per heavy atom. The lowest BCUT2D eigenvalue weighted by Crippen LogP contribution is -2.41. The normalized spacial score (nSPS) is 12.4. The minimum atomic E-state index is -0.409. The molecule has 0 spiro atoms. The van der Waals surface area contributed by atoms with Gasteiger partial charge >= 0.3 is 0 Å². The van der Waals surface area contributed by atoms with Gasteiger partial charge in [0.25, 0.3) is 0 Å². The van der Waals surface area contributed by atoms with E-state index in [9.17, 15) is 10.1 Å². The Bertz CT molecular complexity index is 492. The van der Waals surface area contributed by atoms with Crippen LogP contribution in [0.3, 0.4) is 0 Å². The molecular weight excluding hydrogens is 250 g/mol. The second-order valence-electron chi connectivity index (χ2n) is 6.17. The van der Waals surface area contributed by atoms with E-state index < -0.39 is 5.92 Å². The SMILES string of the molecule is CN(C)c1ccc(C(C#N)CC(=O)NC(C)(C)C)cc1. The number of anilines is 1. The van der Waals surface area contributed by atoms with Crippen molar-refractivity contribution in [1.82, 2.24) is 5.32 Å². The molecule has 1 aromatic carbocycles. The van der Waals surface area contributed by atoms with Crippen LogP contribution in [0.5, 0.6) is 0 Å². The molecule has 0 aliphatic carbocycles. The van der Waals surface area contributed by atoms with Gasteiger partial charge < -0.3 is 10.2 Å². The number of amides is 1. The molecular formula is C16H23N3O. The van der Waals surface area contributed by atoms with Crippen molar-refractivity contribution in [2.75, 3.05) is 19.0 Å². The van der Waals surface area contributed by atoms with E-state index in [4.69, 9.17) is 0 Å². The molecule has 0 fully saturated rings. The van der Waals surface area contributed by atoms with Gasteiger partial charge in [0.2, 0.25) is 5.91 Å². The van der Waals surface area contributed by atoms with E-state index in [0.717, 1.165) is 11.3 Å². The fourth-order valence-corrected chi connectivity index (χ4v) is 1.90. The summed E-state index contributed by atoms with van der Waals surface area (Å²) in [6.07, 6.45) is 0.190. The molecule has 0 bridgehead atoms. The smallest absolute Gasteiger partial charge is 0.222 e. The summed E-state index contributed by atoms with van der Waals surface area (Å²) in [5.41, 5.74) is 1.68. The maximum Gasteiger partial charge on any atom is 0.222 e. The Balaban J connectivity index is 2.77. The largest absolute Gasteiger partial charge is 0.378 e. The van der Waals surface area contributed by atoms with Crippen LogP contribution in [0.4, 0.5) is 5.69 Å². The quantitative estimate of drug-likeness (QED) is 0.917. The average Bonchev–Trinajstić information content (AvgIpc) is 2.34. The molecule has 1 rings (SSSR count). The minimum absolute atomic E-state index is 0.0965. The topological polar surface area (TPSA) is 56.1 Å². The summed E-state index contributed by atoms with van der Waals surface area (Å²) in [6, 6.07) is 9.95. The van der Waals surface area contributed by atoms with Crippen LogP contribution in [0.15, 0.2) is 24.3 Å². The van der Waals surface area contributed by atoms with E-state index in [1.165, 1.54) is 0 Å².